The van der Waals surface area contributed by atoms with Gasteiger partial charge in [0.2, 0.25) is 0 Å². The van der Waals surface area contributed by atoms with E-state index in [2.05, 4.69) is 20.9 Å². The molecule has 0 amide bonds. The maximum atomic E-state index is 10.5. The third kappa shape index (κ3) is 4.68. The summed E-state index contributed by atoms with van der Waals surface area (Å²) in [6.45, 7) is 2.57. The molecule has 0 atom stereocenters. The van der Waals surface area contributed by atoms with Gasteiger partial charge in [0.25, 0.3) is 0 Å². The van der Waals surface area contributed by atoms with E-state index in [4.69, 9.17) is 9.84 Å². The number of aromatic nitrogens is 1. The fourth-order valence-electron chi connectivity index (χ4n) is 1.73. The molecule has 0 unspecified atom stereocenters. The van der Waals surface area contributed by atoms with Crippen molar-refractivity contribution in [2.75, 3.05) is 6.61 Å². The monoisotopic (exact) mass is 367 g/mol. The second-order valence-electron chi connectivity index (χ2n) is 4.32. The van der Waals surface area contributed by atoms with E-state index in [1.54, 1.807) is 11.3 Å². The zero-order chi connectivity index (χ0) is 15.2. The summed E-state index contributed by atoms with van der Waals surface area (Å²) in [5.41, 5.74) is 3.69. The van der Waals surface area contributed by atoms with Crippen LogP contribution in [0.5, 0.6) is 5.75 Å². The molecule has 0 spiro atoms. The highest BCUT2D eigenvalue weighted by molar-refractivity contribution is 9.10. The van der Waals surface area contributed by atoms with Crippen LogP contribution < -0.4 is 4.74 Å². The first-order valence-corrected chi connectivity index (χ1v) is 7.96. The molecule has 6 heteroatoms. The Morgan fingerprint density at radius 3 is 2.95 bits per heavy atom. The maximum absolute atomic E-state index is 10.5. The Morgan fingerprint density at radius 2 is 2.33 bits per heavy atom. The number of benzene rings is 1. The van der Waals surface area contributed by atoms with E-state index in [0.29, 0.717) is 6.61 Å². The quantitative estimate of drug-likeness (QED) is 0.785. The molecule has 1 aromatic heterocycles. The number of halogens is 1. The lowest BCUT2D eigenvalue weighted by molar-refractivity contribution is -0.131. The molecule has 21 heavy (non-hydrogen) atoms. The first kappa shape index (κ1) is 15.7. The van der Waals surface area contributed by atoms with E-state index in [1.165, 1.54) is 11.0 Å². The molecular formula is C15H14BrNO3S. The van der Waals surface area contributed by atoms with Crippen LogP contribution in [0.2, 0.25) is 0 Å². The van der Waals surface area contributed by atoms with Crippen molar-refractivity contribution in [3.63, 3.8) is 0 Å². The highest BCUT2D eigenvalue weighted by Gasteiger charge is 2.04. The molecule has 0 saturated carbocycles. The topological polar surface area (TPSA) is 59.4 Å². The van der Waals surface area contributed by atoms with Crippen molar-refractivity contribution < 1.29 is 14.6 Å². The maximum Gasteiger partial charge on any atom is 0.328 e. The number of carbonyl (C=O) groups is 1. The van der Waals surface area contributed by atoms with E-state index in [1.807, 2.05) is 30.6 Å². The number of carboxylic acids is 1. The summed E-state index contributed by atoms with van der Waals surface area (Å²) in [5.74, 6) is -0.226. The Kier molecular flexibility index (Phi) is 5.52. The number of aliphatic carboxylic acids is 1. The van der Waals surface area contributed by atoms with Crippen molar-refractivity contribution in [3.8, 4) is 5.75 Å². The van der Waals surface area contributed by atoms with Gasteiger partial charge in [0.1, 0.15) is 5.75 Å². The Morgan fingerprint density at radius 1 is 1.52 bits per heavy atom. The molecule has 2 rings (SSSR count). The average Bonchev–Trinajstić information content (AvgIpc) is 2.84. The van der Waals surface area contributed by atoms with Gasteiger partial charge in [-0.15, -0.1) is 11.3 Å². The van der Waals surface area contributed by atoms with E-state index in [9.17, 15) is 4.79 Å². The van der Waals surface area contributed by atoms with Crippen LogP contribution in [0.3, 0.4) is 0 Å². The average molecular weight is 368 g/mol. The Labute approximate surface area is 135 Å². The summed E-state index contributed by atoms with van der Waals surface area (Å²) in [7, 11) is 0. The predicted molar refractivity (Wildman–Crippen MR) is 86.9 cm³/mol. The number of aryl methyl sites for hydroxylation is 1. The van der Waals surface area contributed by atoms with Crippen LogP contribution in [-0.4, -0.2) is 22.7 Å². The molecule has 4 nitrogen and oxygen atoms in total. The van der Waals surface area contributed by atoms with Crippen molar-refractivity contribution in [1.29, 1.82) is 0 Å². The number of rotatable bonds is 6. The normalized spacial score (nSPS) is 11.0. The summed E-state index contributed by atoms with van der Waals surface area (Å²) in [6.07, 6.45) is 3.47. The number of ether oxygens (including phenoxy) is 1. The lowest BCUT2D eigenvalue weighted by Crippen LogP contribution is -2.01. The highest BCUT2D eigenvalue weighted by atomic mass is 79.9. The van der Waals surface area contributed by atoms with Gasteiger partial charge in [-0.05, 0) is 46.6 Å². The number of hydrogen-bond donors (Lipinski definition) is 1. The van der Waals surface area contributed by atoms with Crippen LogP contribution in [0.1, 0.15) is 16.1 Å². The van der Waals surface area contributed by atoms with Gasteiger partial charge in [0, 0.05) is 17.4 Å². The molecule has 1 N–H and O–H groups in total. The molecule has 0 saturated heterocycles. The van der Waals surface area contributed by atoms with Crippen molar-refractivity contribution in [3.05, 3.63) is 50.4 Å². The Balaban J connectivity index is 1.95. The molecule has 1 aromatic carbocycles. The van der Waals surface area contributed by atoms with Crippen LogP contribution >= 0.6 is 27.3 Å². The molecule has 0 aliphatic rings. The zero-order valence-electron chi connectivity index (χ0n) is 11.4. The van der Waals surface area contributed by atoms with E-state index in [-0.39, 0.29) is 0 Å². The van der Waals surface area contributed by atoms with E-state index >= 15 is 0 Å². The third-order valence-corrected chi connectivity index (χ3v) is 4.42. The zero-order valence-corrected chi connectivity index (χ0v) is 13.8. The van der Waals surface area contributed by atoms with Crippen LogP contribution in [0.15, 0.2) is 34.3 Å². The highest BCUT2D eigenvalue weighted by Crippen LogP contribution is 2.27. The summed E-state index contributed by atoms with van der Waals surface area (Å²) >= 11 is 5.06. The minimum absolute atomic E-state index is 0.575. The fourth-order valence-corrected chi connectivity index (χ4v) is 3.00. The first-order valence-electron chi connectivity index (χ1n) is 6.28. The van der Waals surface area contributed by atoms with Gasteiger partial charge in [0.15, 0.2) is 0 Å². The van der Waals surface area contributed by atoms with Gasteiger partial charge in [-0.25, -0.2) is 9.78 Å². The standard InChI is InChI=1S/C15H14BrNO3S/c1-10-14(21-9-17-10)6-7-20-13-4-2-11(8-12(13)16)3-5-15(18)19/h2-5,8-9H,6-7H2,1H3,(H,18,19). The number of carboxylic acid groups (broad SMARTS) is 1. The van der Waals surface area contributed by atoms with E-state index < -0.39 is 5.97 Å². The lowest BCUT2D eigenvalue weighted by atomic mass is 10.2. The van der Waals surface area contributed by atoms with Crippen LogP contribution in [0, 0.1) is 6.92 Å². The molecule has 0 radical (unpaired) electrons. The molecule has 110 valence electrons. The van der Waals surface area contributed by atoms with Crippen molar-refractivity contribution in [2.45, 2.75) is 13.3 Å². The molecule has 0 aliphatic heterocycles. The van der Waals surface area contributed by atoms with Crippen molar-refractivity contribution in [2.24, 2.45) is 0 Å². The van der Waals surface area contributed by atoms with Gasteiger partial charge in [-0.3, -0.25) is 0 Å². The minimum atomic E-state index is -0.966. The summed E-state index contributed by atoms with van der Waals surface area (Å²) < 4.78 is 6.54. The van der Waals surface area contributed by atoms with Gasteiger partial charge in [-0.1, -0.05) is 6.07 Å². The van der Waals surface area contributed by atoms with Gasteiger partial charge in [-0.2, -0.15) is 0 Å². The summed E-state index contributed by atoms with van der Waals surface area (Å²) in [5, 5.41) is 8.60. The van der Waals surface area contributed by atoms with Crippen LogP contribution in [0.4, 0.5) is 0 Å². The first-order chi connectivity index (χ1) is 10.1. The summed E-state index contributed by atoms with van der Waals surface area (Å²) in [6, 6.07) is 5.47. The van der Waals surface area contributed by atoms with Gasteiger partial charge in [0.05, 0.1) is 22.3 Å². The van der Waals surface area contributed by atoms with Gasteiger partial charge < -0.3 is 9.84 Å². The van der Waals surface area contributed by atoms with E-state index in [0.717, 1.165) is 34.0 Å². The fraction of sp³-hybridized carbons (Fsp3) is 0.200. The second-order valence-corrected chi connectivity index (χ2v) is 6.11. The number of thiazole rings is 1. The number of nitrogens with zero attached hydrogens (tertiary/aromatic N) is 1. The molecule has 0 fully saturated rings. The van der Waals surface area contributed by atoms with Crippen LogP contribution in [0.25, 0.3) is 6.08 Å². The van der Waals surface area contributed by atoms with Crippen molar-refractivity contribution >= 4 is 39.3 Å². The predicted octanol–water partition coefficient (Wildman–Crippen LogP) is 3.93. The molecule has 0 aliphatic carbocycles. The lowest BCUT2D eigenvalue weighted by Gasteiger charge is -2.08. The smallest absolute Gasteiger partial charge is 0.328 e. The SMILES string of the molecule is Cc1ncsc1CCOc1ccc(C=CC(=O)O)cc1Br. The number of hydrogen-bond acceptors (Lipinski definition) is 4. The van der Waals surface area contributed by atoms with Crippen molar-refractivity contribution in [1.82, 2.24) is 4.98 Å². The third-order valence-electron chi connectivity index (χ3n) is 2.81. The largest absolute Gasteiger partial charge is 0.492 e. The van der Waals surface area contributed by atoms with Gasteiger partial charge >= 0.3 is 5.97 Å². The molecule has 0 bridgehead atoms. The minimum Gasteiger partial charge on any atom is -0.492 e. The summed E-state index contributed by atoms with van der Waals surface area (Å²) in [4.78, 5) is 15.9. The van der Waals surface area contributed by atoms with Crippen LogP contribution in [-0.2, 0) is 11.2 Å². The Hall–Kier alpha value is -1.66. The molecular weight excluding hydrogens is 354 g/mol. The second kappa shape index (κ2) is 7.38. The molecule has 2 aromatic rings. The molecule has 1 heterocycles. The Bertz CT molecular complexity index is 667.